The minimum absolute atomic E-state index is 0.188. The summed E-state index contributed by atoms with van der Waals surface area (Å²) in [6.07, 6.45) is -4.78. The van der Waals surface area contributed by atoms with Gasteiger partial charge in [-0.2, -0.15) is 5.10 Å². The average Bonchev–Trinajstić information content (AvgIpc) is 2.90. The average molecular weight is 390 g/mol. The van der Waals surface area contributed by atoms with E-state index in [1.165, 1.54) is 12.1 Å². The molecule has 0 spiro atoms. The van der Waals surface area contributed by atoms with Crippen molar-refractivity contribution in [2.24, 2.45) is 0 Å². The van der Waals surface area contributed by atoms with E-state index in [2.05, 4.69) is 15.2 Å². The molecule has 0 fully saturated rings. The highest BCUT2D eigenvalue weighted by Crippen LogP contribution is 2.25. The van der Waals surface area contributed by atoms with E-state index < -0.39 is 18.0 Å². The normalized spacial score (nSPS) is 11.3. The Kier molecular flexibility index (Phi) is 5.00. The van der Waals surface area contributed by atoms with E-state index >= 15 is 0 Å². The first kappa shape index (κ1) is 19.3. The number of nitrogens with one attached hydrogen (secondary N) is 1. The second-order valence-electron chi connectivity index (χ2n) is 6.08. The van der Waals surface area contributed by atoms with Gasteiger partial charge < -0.3 is 15.8 Å². The molecule has 9 heteroatoms. The fourth-order valence-corrected chi connectivity index (χ4v) is 2.68. The van der Waals surface area contributed by atoms with Crippen LogP contribution in [-0.2, 0) is 0 Å². The Balaban J connectivity index is 1.80. The lowest BCUT2D eigenvalue weighted by Crippen LogP contribution is -2.17. The van der Waals surface area contributed by atoms with Crippen molar-refractivity contribution in [3.05, 3.63) is 65.5 Å². The van der Waals surface area contributed by atoms with Crippen LogP contribution in [-0.4, -0.2) is 22.1 Å². The second-order valence-corrected chi connectivity index (χ2v) is 6.08. The van der Waals surface area contributed by atoms with Crippen LogP contribution >= 0.6 is 0 Å². The first-order valence-electron chi connectivity index (χ1n) is 8.23. The third-order valence-corrected chi connectivity index (χ3v) is 4.02. The van der Waals surface area contributed by atoms with Gasteiger partial charge in [-0.1, -0.05) is 0 Å². The molecule has 0 saturated heterocycles. The molecule has 0 unspecified atom stereocenters. The minimum Gasteiger partial charge on any atom is -0.406 e. The topological polar surface area (TPSA) is 82.2 Å². The van der Waals surface area contributed by atoms with Crippen molar-refractivity contribution in [3.63, 3.8) is 0 Å². The highest BCUT2D eigenvalue weighted by atomic mass is 19.4. The molecule has 1 aromatic heterocycles. The summed E-state index contributed by atoms with van der Waals surface area (Å²) in [5, 5.41) is 7.18. The number of aryl methyl sites for hydroxylation is 1. The zero-order valence-corrected chi connectivity index (χ0v) is 15.0. The van der Waals surface area contributed by atoms with Crippen LogP contribution in [0.15, 0.2) is 48.5 Å². The van der Waals surface area contributed by atoms with E-state index in [1.807, 2.05) is 0 Å². The number of alkyl halides is 3. The van der Waals surface area contributed by atoms with Crippen molar-refractivity contribution in [3.8, 4) is 11.4 Å². The monoisotopic (exact) mass is 390 g/mol. The van der Waals surface area contributed by atoms with E-state index in [9.17, 15) is 18.0 Å². The van der Waals surface area contributed by atoms with Crippen LogP contribution in [0.5, 0.6) is 5.75 Å². The second kappa shape index (κ2) is 7.26. The third-order valence-electron chi connectivity index (χ3n) is 4.02. The SMILES string of the molecule is Cc1nn(-c2ccc(N)cc2)c(C)c1NC(=O)c1ccc(OC(F)(F)F)cc1. The maximum Gasteiger partial charge on any atom is 0.573 e. The molecule has 3 aromatic rings. The zero-order valence-electron chi connectivity index (χ0n) is 15.0. The number of amides is 1. The number of halogens is 3. The Morgan fingerprint density at radius 3 is 2.25 bits per heavy atom. The largest absolute Gasteiger partial charge is 0.573 e. The van der Waals surface area contributed by atoms with Crippen LogP contribution in [0, 0.1) is 13.8 Å². The number of aromatic nitrogens is 2. The van der Waals surface area contributed by atoms with Gasteiger partial charge in [-0.15, -0.1) is 13.2 Å². The van der Waals surface area contributed by atoms with Crippen molar-refractivity contribution in [1.29, 1.82) is 0 Å². The van der Waals surface area contributed by atoms with Gasteiger partial charge in [0.25, 0.3) is 5.91 Å². The summed E-state index contributed by atoms with van der Waals surface area (Å²) in [6, 6.07) is 11.8. The van der Waals surface area contributed by atoms with Crippen LogP contribution in [0.4, 0.5) is 24.5 Å². The van der Waals surface area contributed by atoms with E-state index in [1.54, 1.807) is 42.8 Å². The van der Waals surface area contributed by atoms with E-state index in [0.717, 1.165) is 17.8 Å². The van der Waals surface area contributed by atoms with Crippen LogP contribution < -0.4 is 15.8 Å². The molecule has 146 valence electrons. The summed E-state index contributed by atoms with van der Waals surface area (Å²) in [4.78, 5) is 12.5. The van der Waals surface area contributed by atoms with Crippen molar-refractivity contribution >= 4 is 17.3 Å². The molecule has 1 heterocycles. The highest BCUT2D eigenvalue weighted by molar-refractivity contribution is 6.05. The number of carbonyl (C=O) groups excluding carboxylic acids is 1. The number of carbonyl (C=O) groups is 1. The first-order chi connectivity index (χ1) is 13.1. The predicted molar refractivity (Wildman–Crippen MR) is 98.5 cm³/mol. The van der Waals surface area contributed by atoms with Gasteiger partial charge in [0.05, 0.1) is 22.8 Å². The maximum atomic E-state index is 12.5. The van der Waals surface area contributed by atoms with Gasteiger partial charge in [-0.3, -0.25) is 4.79 Å². The number of nitrogens with two attached hydrogens (primary N) is 1. The summed E-state index contributed by atoms with van der Waals surface area (Å²) in [6.45, 7) is 3.54. The summed E-state index contributed by atoms with van der Waals surface area (Å²) >= 11 is 0. The lowest BCUT2D eigenvalue weighted by Gasteiger charge is -2.10. The van der Waals surface area contributed by atoms with E-state index in [-0.39, 0.29) is 5.56 Å². The summed E-state index contributed by atoms with van der Waals surface area (Å²) in [5.41, 5.74) is 9.11. The summed E-state index contributed by atoms with van der Waals surface area (Å²) in [7, 11) is 0. The highest BCUT2D eigenvalue weighted by Gasteiger charge is 2.31. The van der Waals surface area contributed by atoms with Crippen molar-refractivity contribution in [2.45, 2.75) is 20.2 Å². The molecule has 0 saturated carbocycles. The van der Waals surface area contributed by atoms with Gasteiger partial charge in [0.2, 0.25) is 0 Å². The Morgan fingerprint density at radius 1 is 1.07 bits per heavy atom. The number of benzene rings is 2. The smallest absolute Gasteiger partial charge is 0.406 e. The van der Waals surface area contributed by atoms with Gasteiger partial charge in [0.1, 0.15) is 5.75 Å². The standard InChI is InChI=1S/C19H17F3N4O2/c1-11-17(12(2)26(25-11)15-7-5-14(23)6-8-15)24-18(27)13-3-9-16(10-4-13)28-19(20,21)22/h3-10H,23H2,1-2H3,(H,24,27). The van der Waals surface area contributed by atoms with Crippen LogP contribution in [0.3, 0.4) is 0 Å². The van der Waals surface area contributed by atoms with Crippen LogP contribution in [0.25, 0.3) is 5.69 Å². The molecular formula is C19H17F3N4O2. The molecule has 0 atom stereocenters. The van der Waals surface area contributed by atoms with Crippen molar-refractivity contribution in [1.82, 2.24) is 9.78 Å². The Hall–Kier alpha value is -3.49. The quantitative estimate of drug-likeness (QED) is 0.654. The molecule has 0 aliphatic heterocycles. The van der Waals surface area contributed by atoms with E-state index in [4.69, 9.17) is 5.73 Å². The summed E-state index contributed by atoms with van der Waals surface area (Å²) < 4.78 is 42.1. The Labute approximate surface area is 158 Å². The number of hydrogen-bond donors (Lipinski definition) is 2. The third kappa shape index (κ3) is 4.25. The van der Waals surface area contributed by atoms with Gasteiger partial charge in [-0.05, 0) is 62.4 Å². The fraction of sp³-hybridized carbons (Fsp3) is 0.158. The molecule has 3 N–H and O–H groups in total. The molecule has 1 amide bonds. The predicted octanol–water partition coefficient (Wildman–Crippen LogP) is 4.22. The molecule has 2 aromatic carbocycles. The van der Waals surface area contributed by atoms with Gasteiger partial charge >= 0.3 is 6.36 Å². The lowest BCUT2D eigenvalue weighted by atomic mass is 10.2. The molecule has 0 aliphatic rings. The Bertz CT molecular complexity index is 994. The van der Waals surface area contributed by atoms with Gasteiger partial charge in [0.15, 0.2) is 0 Å². The number of ether oxygens (including phenoxy) is 1. The first-order valence-corrected chi connectivity index (χ1v) is 8.23. The minimum atomic E-state index is -4.78. The molecule has 0 radical (unpaired) electrons. The molecule has 3 rings (SSSR count). The number of nitrogen functional groups attached to an aromatic ring is 1. The lowest BCUT2D eigenvalue weighted by molar-refractivity contribution is -0.274. The van der Waals surface area contributed by atoms with Crippen molar-refractivity contribution in [2.75, 3.05) is 11.1 Å². The molecular weight excluding hydrogens is 373 g/mol. The molecule has 28 heavy (non-hydrogen) atoms. The van der Waals surface area contributed by atoms with Gasteiger partial charge in [-0.25, -0.2) is 4.68 Å². The molecule has 0 bridgehead atoms. The maximum absolute atomic E-state index is 12.5. The van der Waals surface area contributed by atoms with Crippen LogP contribution in [0.2, 0.25) is 0 Å². The number of rotatable bonds is 4. The van der Waals surface area contributed by atoms with Crippen LogP contribution in [0.1, 0.15) is 21.7 Å². The van der Waals surface area contributed by atoms with Crippen molar-refractivity contribution < 1.29 is 22.7 Å². The number of nitrogens with zero attached hydrogens (tertiary/aromatic N) is 2. The summed E-state index contributed by atoms with van der Waals surface area (Å²) in [5.74, 6) is -0.866. The number of anilines is 2. The molecule has 6 nitrogen and oxygen atoms in total. The van der Waals surface area contributed by atoms with E-state index in [0.29, 0.717) is 22.8 Å². The molecule has 0 aliphatic carbocycles. The van der Waals surface area contributed by atoms with Gasteiger partial charge in [0, 0.05) is 11.3 Å². The Morgan fingerprint density at radius 2 is 1.68 bits per heavy atom. The zero-order chi connectivity index (χ0) is 20.5. The number of hydrogen-bond acceptors (Lipinski definition) is 4. The fourth-order valence-electron chi connectivity index (χ4n) is 2.68.